The fraction of sp³-hybridized carbons (Fsp3) is 0.167. The molecule has 0 aromatic heterocycles. The van der Waals surface area contributed by atoms with Gasteiger partial charge in [-0.3, -0.25) is 10.7 Å². The number of amides is 2. The third kappa shape index (κ3) is 5.65. The summed E-state index contributed by atoms with van der Waals surface area (Å²) in [6.45, 7) is 0.304. The van der Waals surface area contributed by atoms with E-state index in [0.717, 1.165) is 10.5 Å². The Morgan fingerprint density at radius 1 is 1.12 bits per heavy atom. The van der Waals surface area contributed by atoms with Crippen molar-refractivity contribution >= 4 is 18.0 Å². The number of amidine groups is 1. The summed E-state index contributed by atoms with van der Waals surface area (Å²) < 4.78 is 5.07. The SMILES string of the molecule is CN(Cc1cccc(C(=N)NC(=O)OCc2ccccc2)c1)C(=O)O. The highest BCUT2D eigenvalue weighted by Crippen LogP contribution is 2.08. The van der Waals surface area contributed by atoms with Gasteiger partial charge in [-0.05, 0) is 17.2 Å². The highest BCUT2D eigenvalue weighted by atomic mass is 16.5. The average molecular weight is 341 g/mol. The Balaban J connectivity index is 1.91. The van der Waals surface area contributed by atoms with Crippen LogP contribution in [0.1, 0.15) is 16.7 Å². The molecule has 3 N–H and O–H groups in total. The number of nitrogens with zero attached hydrogens (tertiary/aromatic N) is 1. The van der Waals surface area contributed by atoms with Crippen molar-refractivity contribution in [3.05, 3.63) is 71.3 Å². The van der Waals surface area contributed by atoms with Crippen molar-refractivity contribution in [2.75, 3.05) is 7.05 Å². The minimum absolute atomic E-state index is 0.113. The minimum atomic E-state index is -1.04. The van der Waals surface area contributed by atoms with Crippen molar-refractivity contribution in [1.29, 1.82) is 5.41 Å². The second-order valence-electron chi connectivity index (χ2n) is 5.40. The maximum Gasteiger partial charge on any atom is 0.413 e. The molecule has 0 fully saturated rings. The normalized spacial score (nSPS) is 9.96. The molecule has 0 saturated heterocycles. The molecule has 0 atom stereocenters. The van der Waals surface area contributed by atoms with Gasteiger partial charge in [0, 0.05) is 19.2 Å². The van der Waals surface area contributed by atoms with Crippen molar-refractivity contribution in [1.82, 2.24) is 10.2 Å². The van der Waals surface area contributed by atoms with E-state index in [0.29, 0.717) is 11.1 Å². The van der Waals surface area contributed by atoms with Crippen LogP contribution in [0.25, 0.3) is 0 Å². The number of alkyl carbamates (subject to hydrolysis) is 1. The van der Waals surface area contributed by atoms with Crippen LogP contribution in [0.5, 0.6) is 0 Å². The van der Waals surface area contributed by atoms with Crippen LogP contribution in [0, 0.1) is 5.41 Å². The number of ether oxygens (including phenoxy) is 1. The number of nitrogens with one attached hydrogen (secondary N) is 2. The first-order valence-electron chi connectivity index (χ1n) is 7.55. The number of rotatable bonds is 5. The number of hydrogen-bond donors (Lipinski definition) is 3. The topological polar surface area (TPSA) is 103 Å². The Morgan fingerprint density at radius 3 is 2.48 bits per heavy atom. The first-order valence-corrected chi connectivity index (χ1v) is 7.55. The van der Waals surface area contributed by atoms with E-state index in [1.807, 2.05) is 30.3 Å². The van der Waals surface area contributed by atoms with E-state index >= 15 is 0 Å². The van der Waals surface area contributed by atoms with E-state index < -0.39 is 12.2 Å². The van der Waals surface area contributed by atoms with Gasteiger partial charge >= 0.3 is 12.2 Å². The predicted molar refractivity (Wildman–Crippen MR) is 92.5 cm³/mol. The highest BCUT2D eigenvalue weighted by molar-refractivity contribution is 6.04. The van der Waals surface area contributed by atoms with E-state index in [-0.39, 0.29) is 19.0 Å². The summed E-state index contributed by atoms with van der Waals surface area (Å²) >= 11 is 0. The number of carbonyl (C=O) groups is 2. The molecule has 130 valence electrons. The Bertz CT molecular complexity index is 762. The van der Waals surface area contributed by atoms with Crippen molar-refractivity contribution in [3.8, 4) is 0 Å². The van der Waals surface area contributed by atoms with Gasteiger partial charge in [-0.2, -0.15) is 0 Å². The molecule has 25 heavy (non-hydrogen) atoms. The molecule has 0 heterocycles. The molecule has 0 bridgehead atoms. The molecule has 0 saturated carbocycles. The van der Waals surface area contributed by atoms with E-state index in [4.69, 9.17) is 15.3 Å². The summed E-state index contributed by atoms with van der Waals surface area (Å²) in [6.07, 6.45) is -1.76. The molecule has 0 unspecified atom stereocenters. The Kier molecular flexibility index (Phi) is 6.11. The van der Waals surface area contributed by atoms with Crippen LogP contribution in [0.4, 0.5) is 9.59 Å². The quantitative estimate of drug-likeness (QED) is 0.574. The fourth-order valence-corrected chi connectivity index (χ4v) is 2.10. The summed E-state index contributed by atoms with van der Waals surface area (Å²) in [5.74, 6) is -0.113. The molecule has 0 spiro atoms. The molecule has 2 amide bonds. The molecule has 2 rings (SSSR count). The van der Waals surface area contributed by atoms with Gasteiger partial charge in [0.15, 0.2) is 0 Å². The average Bonchev–Trinajstić information content (AvgIpc) is 2.61. The van der Waals surface area contributed by atoms with E-state index in [1.54, 1.807) is 24.3 Å². The van der Waals surface area contributed by atoms with Crippen LogP contribution in [-0.4, -0.2) is 35.1 Å². The van der Waals surface area contributed by atoms with E-state index in [9.17, 15) is 9.59 Å². The molecule has 0 aliphatic heterocycles. The summed E-state index contributed by atoms with van der Waals surface area (Å²) in [4.78, 5) is 23.8. The fourth-order valence-electron chi connectivity index (χ4n) is 2.10. The van der Waals surface area contributed by atoms with Gasteiger partial charge in [0.1, 0.15) is 12.4 Å². The van der Waals surface area contributed by atoms with Gasteiger partial charge in [0.25, 0.3) is 0 Å². The van der Waals surface area contributed by atoms with Crippen molar-refractivity contribution in [2.24, 2.45) is 0 Å². The third-order valence-electron chi connectivity index (χ3n) is 3.40. The monoisotopic (exact) mass is 341 g/mol. The van der Waals surface area contributed by atoms with Crippen molar-refractivity contribution < 1.29 is 19.4 Å². The number of carboxylic acid groups (broad SMARTS) is 1. The second kappa shape index (κ2) is 8.49. The lowest BCUT2D eigenvalue weighted by Gasteiger charge is -2.14. The Labute approximate surface area is 145 Å². The Morgan fingerprint density at radius 2 is 1.80 bits per heavy atom. The van der Waals surface area contributed by atoms with Crippen LogP contribution >= 0.6 is 0 Å². The standard InChI is InChI=1S/C18H19N3O4/c1-21(18(23)24)11-14-8-5-9-15(10-14)16(19)20-17(22)25-12-13-6-3-2-4-7-13/h2-10H,11-12H2,1H3,(H,23,24)(H2,19,20,22). The lowest BCUT2D eigenvalue weighted by molar-refractivity contribution is 0.145. The molecular weight excluding hydrogens is 322 g/mol. The molecule has 2 aromatic carbocycles. The maximum absolute atomic E-state index is 11.8. The van der Waals surface area contributed by atoms with Crippen LogP contribution in [0.15, 0.2) is 54.6 Å². The summed E-state index contributed by atoms with van der Waals surface area (Å²) in [5, 5.41) is 19.2. The van der Waals surface area contributed by atoms with Crippen molar-refractivity contribution in [2.45, 2.75) is 13.2 Å². The Hall–Kier alpha value is -3.35. The van der Waals surface area contributed by atoms with Crippen LogP contribution in [-0.2, 0) is 17.9 Å². The second-order valence-corrected chi connectivity index (χ2v) is 5.40. The zero-order valence-corrected chi connectivity index (χ0v) is 13.7. The van der Waals surface area contributed by atoms with Gasteiger partial charge in [-0.1, -0.05) is 48.5 Å². The third-order valence-corrected chi connectivity index (χ3v) is 3.40. The number of carbonyl (C=O) groups excluding carboxylic acids is 1. The lowest BCUT2D eigenvalue weighted by atomic mass is 10.1. The highest BCUT2D eigenvalue weighted by Gasteiger charge is 2.11. The van der Waals surface area contributed by atoms with Gasteiger partial charge in [0.05, 0.1) is 0 Å². The summed E-state index contributed by atoms with van der Waals surface area (Å²) in [6, 6.07) is 16.0. The van der Waals surface area contributed by atoms with Crippen LogP contribution < -0.4 is 5.32 Å². The summed E-state index contributed by atoms with van der Waals surface area (Å²) in [5.41, 5.74) is 2.03. The molecule has 2 aromatic rings. The van der Waals surface area contributed by atoms with Gasteiger partial charge in [0.2, 0.25) is 0 Å². The molecule has 0 radical (unpaired) electrons. The van der Waals surface area contributed by atoms with Gasteiger partial charge in [-0.15, -0.1) is 0 Å². The van der Waals surface area contributed by atoms with E-state index in [1.165, 1.54) is 7.05 Å². The van der Waals surface area contributed by atoms with Crippen LogP contribution in [0.3, 0.4) is 0 Å². The largest absolute Gasteiger partial charge is 0.465 e. The van der Waals surface area contributed by atoms with Gasteiger partial charge in [-0.25, -0.2) is 9.59 Å². The zero-order valence-electron chi connectivity index (χ0n) is 13.7. The minimum Gasteiger partial charge on any atom is -0.465 e. The smallest absolute Gasteiger partial charge is 0.413 e. The summed E-state index contributed by atoms with van der Waals surface area (Å²) in [7, 11) is 1.46. The van der Waals surface area contributed by atoms with Crippen LogP contribution in [0.2, 0.25) is 0 Å². The molecular formula is C18H19N3O4. The van der Waals surface area contributed by atoms with E-state index in [2.05, 4.69) is 5.32 Å². The maximum atomic E-state index is 11.8. The zero-order chi connectivity index (χ0) is 18.2. The first kappa shape index (κ1) is 18.0. The van der Waals surface area contributed by atoms with Gasteiger partial charge < -0.3 is 14.7 Å². The predicted octanol–water partition coefficient (Wildman–Crippen LogP) is 3.05. The van der Waals surface area contributed by atoms with Crippen molar-refractivity contribution in [3.63, 3.8) is 0 Å². The lowest BCUT2D eigenvalue weighted by Crippen LogP contribution is -2.31. The first-order chi connectivity index (χ1) is 12.0. The number of benzene rings is 2. The molecule has 7 nitrogen and oxygen atoms in total. The molecule has 0 aliphatic rings. The number of hydrogen-bond acceptors (Lipinski definition) is 4. The molecule has 0 aliphatic carbocycles. The molecule has 7 heteroatoms.